The molecule has 0 aliphatic rings. The number of rotatable bonds is 4. The van der Waals surface area contributed by atoms with Gasteiger partial charge in [0.2, 0.25) is 0 Å². The van der Waals surface area contributed by atoms with Gasteiger partial charge >= 0.3 is 0 Å². The van der Waals surface area contributed by atoms with Gasteiger partial charge in [0, 0.05) is 5.02 Å². The lowest BCUT2D eigenvalue weighted by molar-refractivity contribution is 0.414. The third kappa shape index (κ3) is 3.47. The van der Waals surface area contributed by atoms with Crippen molar-refractivity contribution in [1.29, 1.82) is 0 Å². The van der Waals surface area contributed by atoms with Crippen molar-refractivity contribution in [1.82, 2.24) is 0 Å². The molecule has 0 N–H and O–H groups in total. The van der Waals surface area contributed by atoms with E-state index in [2.05, 4.69) is 19.9 Å². The molecule has 0 saturated heterocycles. The predicted molar refractivity (Wildman–Crippen MR) is 86.2 cm³/mol. The molecule has 1 nitrogen and oxygen atoms in total. The first-order valence-corrected chi connectivity index (χ1v) is 7.36. The van der Waals surface area contributed by atoms with Crippen molar-refractivity contribution < 1.29 is 4.74 Å². The van der Waals surface area contributed by atoms with Crippen molar-refractivity contribution in [2.24, 2.45) is 0 Å². The first-order valence-electron chi connectivity index (χ1n) is 6.55. The zero-order valence-corrected chi connectivity index (χ0v) is 13.4. The quantitative estimate of drug-likeness (QED) is 0.679. The van der Waals surface area contributed by atoms with Crippen molar-refractivity contribution in [2.45, 2.75) is 25.6 Å². The SMILES string of the molecule is COc1cccc(CC(Cl)c2cc(C)c(C)cc2Cl)c1. The minimum atomic E-state index is -0.145. The van der Waals surface area contributed by atoms with Crippen LogP contribution in [0.4, 0.5) is 0 Å². The van der Waals surface area contributed by atoms with Gasteiger partial charge in [0.05, 0.1) is 12.5 Å². The summed E-state index contributed by atoms with van der Waals surface area (Å²) >= 11 is 12.9. The van der Waals surface area contributed by atoms with Crippen molar-refractivity contribution in [2.75, 3.05) is 7.11 Å². The van der Waals surface area contributed by atoms with E-state index >= 15 is 0 Å². The van der Waals surface area contributed by atoms with Crippen LogP contribution in [0, 0.1) is 13.8 Å². The maximum Gasteiger partial charge on any atom is 0.119 e. The fourth-order valence-corrected chi connectivity index (χ4v) is 2.92. The van der Waals surface area contributed by atoms with E-state index in [1.54, 1.807) is 7.11 Å². The Morgan fingerprint density at radius 2 is 1.80 bits per heavy atom. The summed E-state index contributed by atoms with van der Waals surface area (Å²) < 4.78 is 5.23. The van der Waals surface area contributed by atoms with E-state index < -0.39 is 0 Å². The summed E-state index contributed by atoms with van der Waals surface area (Å²) in [6.07, 6.45) is 0.723. The Kier molecular flexibility index (Phi) is 4.95. The Labute approximate surface area is 130 Å². The molecule has 0 saturated carbocycles. The Hall–Kier alpha value is -1.18. The molecule has 1 atom stereocenters. The standard InChI is InChI=1S/C17H18Cl2O/c1-11-7-15(16(18)8-12(11)2)17(19)10-13-5-4-6-14(9-13)20-3/h4-9,17H,10H2,1-3H3. The lowest BCUT2D eigenvalue weighted by Crippen LogP contribution is -1.99. The number of hydrogen-bond acceptors (Lipinski definition) is 1. The largest absolute Gasteiger partial charge is 0.497 e. The fraction of sp³-hybridized carbons (Fsp3) is 0.294. The molecule has 1 unspecified atom stereocenters. The van der Waals surface area contributed by atoms with E-state index in [1.165, 1.54) is 11.1 Å². The van der Waals surface area contributed by atoms with Gasteiger partial charge in [-0.05, 0) is 60.7 Å². The van der Waals surface area contributed by atoms with Crippen molar-refractivity contribution in [3.63, 3.8) is 0 Å². The van der Waals surface area contributed by atoms with Crippen LogP contribution in [-0.4, -0.2) is 7.11 Å². The van der Waals surface area contributed by atoms with Gasteiger partial charge in [-0.25, -0.2) is 0 Å². The summed E-state index contributed by atoms with van der Waals surface area (Å²) in [4.78, 5) is 0. The Morgan fingerprint density at radius 3 is 2.50 bits per heavy atom. The van der Waals surface area contributed by atoms with E-state index in [-0.39, 0.29) is 5.38 Å². The summed E-state index contributed by atoms with van der Waals surface area (Å²) in [5.74, 6) is 0.845. The molecule has 0 aliphatic carbocycles. The van der Waals surface area contributed by atoms with Crippen molar-refractivity contribution >= 4 is 23.2 Å². The number of aryl methyl sites for hydroxylation is 2. The smallest absolute Gasteiger partial charge is 0.119 e. The molecule has 0 bridgehead atoms. The van der Waals surface area contributed by atoms with Gasteiger partial charge in [0.1, 0.15) is 5.75 Å². The van der Waals surface area contributed by atoms with Crippen LogP contribution >= 0.6 is 23.2 Å². The van der Waals surface area contributed by atoms with Gasteiger partial charge in [-0.2, -0.15) is 0 Å². The van der Waals surface area contributed by atoms with Gasteiger partial charge < -0.3 is 4.74 Å². The minimum Gasteiger partial charge on any atom is -0.497 e. The lowest BCUT2D eigenvalue weighted by Gasteiger charge is -2.14. The van der Waals surface area contributed by atoms with Crippen LogP contribution in [0.3, 0.4) is 0 Å². The van der Waals surface area contributed by atoms with E-state index in [0.29, 0.717) is 0 Å². The van der Waals surface area contributed by atoms with Crippen LogP contribution in [0.5, 0.6) is 5.75 Å². The molecule has 2 aromatic carbocycles. The molecular formula is C17H18Cl2O. The van der Waals surface area contributed by atoms with Crippen molar-refractivity contribution in [3.05, 3.63) is 63.7 Å². The molecule has 0 radical (unpaired) electrons. The third-order valence-electron chi connectivity index (χ3n) is 3.50. The predicted octanol–water partition coefficient (Wildman–Crippen LogP) is 5.49. The highest BCUT2D eigenvalue weighted by molar-refractivity contribution is 6.32. The summed E-state index contributed by atoms with van der Waals surface area (Å²) in [5.41, 5.74) is 4.52. The van der Waals surface area contributed by atoms with Gasteiger partial charge in [-0.1, -0.05) is 29.8 Å². The molecule has 2 rings (SSSR count). The molecule has 0 amide bonds. The van der Waals surface area contributed by atoms with Gasteiger partial charge in [-0.15, -0.1) is 11.6 Å². The second kappa shape index (κ2) is 6.51. The van der Waals surface area contributed by atoms with Crippen LogP contribution in [-0.2, 0) is 6.42 Å². The minimum absolute atomic E-state index is 0.145. The summed E-state index contributed by atoms with van der Waals surface area (Å²) in [7, 11) is 1.66. The van der Waals surface area contributed by atoms with Crippen LogP contribution < -0.4 is 4.74 Å². The Morgan fingerprint density at radius 1 is 1.10 bits per heavy atom. The summed E-state index contributed by atoms with van der Waals surface area (Å²) in [6.45, 7) is 4.13. The van der Waals surface area contributed by atoms with Crippen LogP contribution in [0.15, 0.2) is 36.4 Å². The first kappa shape index (κ1) is 15.2. The third-order valence-corrected chi connectivity index (χ3v) is 4.22. The zero-order valence-electron chi connectivity index (χ0n) is 11.9. The number of hydrogen-bond donors (Lipinski definition) is 0. The Bertz CT molecular complexity index is 608. The molecule has 106 valence electrons. The van der Waals surface area contributed by atoms with Gasteiger partial charge in [-0.3, -0.25) is 0 Å². The van der Waals surface area contributed by atoms with E-state index in [4.69, 9.17) is 27.9 Å². The van der Waals surface area contributed by atoms with E-state index in [0.717, 1.165) is 28.3 Å². The molecule has 20 heavy (non-hydrogen) atoms. The normalized spacial score (nSPS) is 12.2. The second-order valence-electron chi connectivity index (χ2n) is 4.98. The van der Waals surface area contributed by atoms with E-state index in [9.17, 15) is 0 Å². The van der Waals surface area contributed by atoms with E-state index in [1.807, 2.05) is 30.3 Å². The number of ether oxygens (including phenoxy) is 1. The average molecular weight is 309 g/mol. The van der Waals surface area contributed by atoms with Crippen LogP contribution in [0.25, 0.3) is 0 Å². The molecule has 0 aliphatic heterocycles. The number of benzene rings is 2. The first-order chi connectivity index (χ1) is 9.51. The number of alkyl halides is 1. The van der Waals surface area contributed by atoms with Crippen LogP contribution in [0.2, 0.25) is 5.02 Å². The lowest BCUT2D eigenvalue weighted by atomic mass is 10.00. The maximum absolute atomic E-state index is 6.54. The number of halogens is 2. The topological polar surface area (TPSA) is 9.23 Å². The van der Waals surface area contributed by atoms with Crippen molar-refractivity contribution in [3.8, 4) is 5.75 Å². The molecule has 0 spiro atoms. The highest BCUT2D eigenvalue weighted by Gasteiger charge is 2.14. The molecule has 3 heteroatoms. The second-order valence-corrected chi connectivity index (χ2v) is 5.92. The molecular weight excluding hydrogens is 291 g/mol. The highest BCUT2D eigenvalue weighted by atomic mass is 35.5. The fourth-order valence-electron chi connectivity index (χ4n) is 2.16. The zero-order chi connectivity index (χ0) is 14.7. The molecule has 0 fully saturated rings. The molecule has 0 aromatic heterocycles. The maximum atomic E-state index is 6.54. The Balaban J connectivity index is 2.23. The molecule has 2 aromatic rings. The number of methoxy groups -OCH3 is 1. The van der Waals surface area contributed by atoms with Crippen LogP contribution in [0.1, 0.15) is 27.6 Å². The van der Waals surface area contributed by atoms with Gasteiger partial charge in [0.25, 0.3) is 0 Å². The van der Waals surface area contributed by atoms with Gasteiger partial charge in [0.15, 0.2) is 0 Å². The highest BCUT2D eigenvalue weighted by Crippen LogP contribution is 2.33. The summed E-state index contributed by atoms with van der Waals surface area (Å²) in [5, 5.41) is 0.588. The molecule has 0 heterocycles. The monoisotopic (exact) mass is 308 g/mol. The summed E-state index contributed by atoms with van der Waals surface area (Å²) in [6, 6.07) is 12.0. The average Bonchev–Trinajstić information content (AvgIpc) is 2.43.